The molecule has 0 bridgehead atoms. The van der Waals surface area contributed by atoms with Crippen molar-refractivity contribution in [1.29, 1.82) is 0 Å². The maximum atomic E-state index is 14.3. The number of hydrogen-bond donors (Lipinski definition) is 15. The fraction of sp³-hybridized carbons (Fsp3) is 0.969. The molecule has 0 aromatic rings. The molecule has 6 aliphatic heterocycles. The molecule has 10 fully saturated rings. The van der Waals surface area contributed by atoms with Gasteiger partial charge in [-0.15, -0.1) is 0 Å². The number of Topliss-reactive ketones (excluding diaryl/α,β-unsaturated/α-hetero) is 2. The molecule has 6 heterocycles. The number of ketones is 2. The van der Waals surface area contributed by atoms with Gasteiger partial charge >= 0.3 is 0 Å². The fourth-order valence-corrected chi connectivity index (χ4v) is 17.6. The second kappa shape index (κ2) is 30.6. The van der Waals surface area contributed by atoms with Crippen molar-refractivity contribution < 1.29 is 143 Å². The van der Waals surface area contributed by atoms with E-state index in [2.05, 4.69) is 27.7 Å². The summed E-state index contributed by atoms with van der Waals surface area (Å²) in [6, 6.07) is 0. The lowest BCUT2D eigenvalue weighted by molar-refractivity contribution is -0.404. The van der Waals surface area contributed by atoms with Crippen molar-refractivity contribution in [1.82, 2.24) is 0 Å². The van der Waals surface area contributed by atoms with Crippen LogP contribution in [0.2, 0.25) is 0 Å². The number of carbonyl (C=O) groups is 2. The highest BCUT2D eigenvalue weighted by Gasteiger charge is 2.64. The molecule has 29 nitrogen and oxygen atoms in total. The lowest BCUT2D eigenvalue weighted by Crippen LogP contribution is -2.68. The van der Waals surface area contributed by atoms with Crippen LogP contribution in [-0.2, 0) is 66.4 Å². The number of hydrogen-bond acceptors (Lipinski definition) is 29. The molecule has 29 heteroatoms. The van der Waals surface area contributed by atoms with E-state index >= 15 is 0 Å². The van der Waals surface area contributed by atoms with E-state index in [1.165, 1.54) is 0 Å². The van der Waals surface area contributed by atoms with E-state index < -0.39 is 198 Å². The molecule has 93 heavy (non-hydrogen) atoms. The Kier molecular flexibility index (Phi) is 24.3. The summed E-state index contributed by atoms with van der Waals surface area (Å²) in [5.74, 6) is 0.613. The molecule has 10 rings (SSSR count). The molecule has 0 amide bonds. The minimum Gasteiger partial charge on any atom is -0.394 e. The van der Waals surface area contributed by atoms with E-state index in [0.717, 1.165) is 32.1 Å². The first-order valence-electron chi connectivity index (χ1n) is 33.8. The van der Waals surface area contributed by atoms with Gasteiger partial charge in [0.05, 0.1) is 52.4 Å². The van der Waals surface area contributed by atoms with Crippen LogP contribution in [0.3, 0.4) is 0 Å². The van der Waals surface area contributed by atoms with E-state index in [9.17, 15) is 86.2 Å². The quantitative estimate of drug-likeness (QED) is 0.0476. The number of ether oxygens (including phenoxy) is 12. The first kappa shape index (κ1) is 74.0. The molecule has 0 aromatic heterocycles. The van der Waals surface area contributed by atoms with Crippen LogP contribution in [-0.4, -0.2) is 294 Å². The summed E-state index contributed by atoms with van der Waals surface area (Å²) in [6.45, 7) is 12.0. The molecule has 10 aliphatic rings. The lowest BCUT2D eigenvalue weighted by atomic mass is 9.44. The van der Waals surface area contributed by atoms with Crippen LogP contribution in [0.15, 0.2) is 0 Å². The molecule has 15 N–H and O–H groups in total. The van der Waals surface area contributed by atoms with Crippen molar-refractivity contribution in [3.63, 3.8) is 0 Å². The summed E-state index contributed by atoms with van der Waals surface area (Å²) in [6.07, 6.45) is -35.2. The van der Waals surface area contributed by atoms with Gasteiger partial charge in [0, 0.05) is 30.6 Å². The first-order valence-corrected chi connectivity index (χ1v) is 33.8. The van der Waals surface area contributed by atoms with Gasteiger partial charge < -0.3 is 133 Å². The van der Waals surface area contributed by atoms with Gasteiger partial charge in [-0.1, -0.05) is 48.5 Å². The lowest BCUT2D eigenvalue weighted by Gasteiger charge is -2.61. The maximum Gasteiger partial charge on any atom is 0.187 e. The van der Waals surface area contributed by atoms with Gasteiger partial charge in [-0.2, -0.15) is 0 Å². The van der Waals surface area contributed by atoms with Crippen LogP contribution in [0.25, 0.3) is 0 Å². The third-order valence-electron chi connectivity index (χ3n) is 23.9. The van der Waals surface area contributed by atoms with Gasteiger partial charge in [0.15, 0.2) is 37.7 Å². The van der Waals surface area contributed by atoms with Gasteiger partial charge in [-0.25, -0.2) is 0 Å². The Morgan fingerprint density at radius 3 is 1.81 bits per heavy atom. The summed E-state index contributed by atoms with van der Waals surface area (Å²) in [4.78, 5) is 28.5. The molecular formula is C64H106O29. The Morgan fingerprint density at radius 1 is 0.538 bits per heavy atom. The van der Waals surface area contributed by atoms with E-state index in [0.29, 0.717) is 44.1 Å². The largest absolute Gasteiger partial charge is 0.394 e. The molecule has 0 radical (unpaired) electrons. The molecule has 38 unspecified atom stereocenters. The van der Waals surface area contributed by atoms with Gasteiger partial charge in [0.25, 0.3) is 0 Å². The highest BCUT2D eigenvalue weighted by molar-refractivity contribution is 5.92. The van der Waals surface area contributed by atoms with Gasteiger partial charge in [-0.3, -0.25) is 9.59 Å². The minimum atomic E-state index is -2.04. The van der Waals surface area contributed by atoms with Crippen LogP contribution in [0.1, 0.15) is 113 Å². The average molecular weight is 1340 g/mol. The smallest absolute Gasteiger partial charge is 0.187 e. The number of rotatable bonds is 22. The van der Waals surface area contributed by atoms with Crippen LogP contribution < -0.4 is 0 Å². The predicted molar refractivity (Wildman–Crippen MR) is 315 cm³/mol. The standard InChI is InChI=1S/C64H106O29/c1-25(21-82-58-51(79)48(76)45(73)41(90-58)24-85-57-28(4)27(3)26(2)22-83-57)8-11-35(68)29(5)42-36(69)17-34-32-10-9-30-16-31(12-14-63(30,6)33(32)13-15-64(34,42)7)86-60-53(81)49(77)54(40(20-67)89-60)91-62-56(93-61-52(80)47(75)44(72)38(18-65)87-61)55(46(74)39(19-66)88-62)92-59-50(78)43(71)37(70)23-84-59/h25-34,37-62,65-67,70-81H,8-24H2,1-7H3. The Bertz CT molecular complexity index is 2430. The summed E-state index contributed by atoms with van der Waals surface area (Å²) >= 11 is 0. The zero-order valence-corrected chi connectivity index (χ0v) is 54.2. The molecule has 4 saturated carbocycles. The van der Waals surface area contributed by atoms with E-state index in [-0.39, 0.29) is 77.5 Å². The summed E-state index contributed by atoms with van der Waals surface area (Å²) in [7, 11) is 0. The zero-order chi connectivity index (χ0) is 67.4. The molecule has 6 saturated heterocycles. The van der Waals surface area contributed by atoms with Crippen molar-refractivity contribution in [2.75, 3.05) is 46.2 Å². The van der Waals surface area contributed by atoms with Gasteiger partial charge in [0.2, 0.25) is 0 Å². The fourth-order valence-electron chi connectivity index (χ4n) is 17.6. The second-order valence-corrected chi connectivity index (χ2v) is 29.5. The van der Waals surface area contributed by atoms with Crippen molar-refractivity contribution in [2.45, 2.75) is 272 Å². The second-order valence-electron chi connectivity index (χ2n) is 29.5. The molecule has 0 aromatic carbocycles. The summed E-state index contributed by atoms with van der Waals surface area (Å²) in [5, 5.41) is 162. The molecular weight excluding hydrogens is 1230 g/mol. The molecule has 0 spiro atoms. The van der Waals surface area contributed by atoms with Crippen molar-refractivity contribution >= 4 is 11.6 Å². The first-order chi connectivity index (χ1) is 44.1. The van der Waals surface area contributed by atoms with Crippen LogP contribution in [0, 0.1) is 70.0 Å². The molecule has 38 atom stereocenters. The highest BCUT2D eigenvalue weighted by atomic mass is 16.8. The Labute approximate surface area is 541 Å². The molecule has 4 aliphatic carbocycles. The predicted octanol–water partition coefficient (Wildman–Crippen LogP) is -3.15. The Morgan fingerprint density at radius 2 is 1.11 bits per heavy atom. The maximum absolute atomic E-state index is 14.3. The monoisotopic (exact) mass is 1340 g/mol. The van der Waals surface area contributed by atoms with Crippen LogP contribution in [0.5, 0.6) is 0 Å². The SMILES string of the molecule is CC(CCC(=O)C(C)C1C(=O)CC2C3CCC4CC(OC5OC(CO)C(OC6OC(CO)C(O)C(OC7OCC(O)C(O)C7O)C6OC6OC(CO)C(O)C(O)C6O)C(O)C5O)CCC4(C)C3CCC21C)COC1OC(COC2OCC(C)C(C)C2C)C(O)C(O)C1O. The van der Waals surface area contributed by atoms with Gasteiger partial charge in [-0.05, 0) is 104 Å². The van der Waals surface area contributed by atoms with Crippen molar-refractivity contribution in [2.24, 2.45) is 70.0 Å². The number of aliphatic hydroxyl groups excluding tert-OH is 15. The van der Waals surface area contributed by atoms with Crippen LogP contribution >= 0.6 is 0 Å². The van der Waals surface area contributed by atoms with Crippen LogP contribution in [0.4, 0.5) is 0 Å². The van der Waals surface area contributed by atoms with Gasteiger partial charge in [0.1, 0.15) is 128 Å². The minimum absolute atomic E-state index is 0.000127. The van der Waals surface area contributed by atoms with E-state index in [4.69, 9.17) is 56.8 Å². The summed E-state index contributed by atoms with van der Waals surface area (Å²) in [5.41, 5.74) is -0.516. The number of carbonyl (C=O) groups excluding carboxylic acids is 2. The molecule has 536 valence electrons. The van der Waals surface area contributed by atoms with Crippen molar-refractivity contribution in [3.8, 4) is 0 Å². The van der Waals surface area contributed by atoms with Crippen molar-refractivity contribution in [3.05, 3.63) is 0 Å². The number of aliphatic hydroxyl groups is 15. The summed E-state index contributed by atoms with van der Waals surface area (Å²) < 4.78 is 71.7. The zero-order valence-electron chi connectivity index (χ0n) is 54.2. The Hall–Kier alpha value is -1.74. The average Bonchev–Trinajstić information content (AvgIpc) is 1.61. The van der Waals surface area contributed by atoms with E-state index in [1.54, 1.807) is 0 Å². The third-order valence-corrected chi connectivity index (χ3v) is 23.9. The van der Waals surface area contributed by atoms with E-state index in [1.807, 2.05) is 20.8 Å². The normalized spacial score (nSPS) is 51.9. The topological polar surface area (TPSA) is 448 Å². The highest BCUT2D eigenvalue weighted by Crippen LogP contribution is 2.68. The Balaban J connectivity index is 0.730. The third kappa shape index (κ3) is 14.8. The number of fused-ring (bicyclic) bond motifs is 5.